The van der Waals surface area contributed by atoms with Crippen molar-refractivity contribution in [2.24, 2.45) is 0 Å². The summed E-state index contributed by atoms with van der Waals surface area (Å²) in [4.78, 5) is 2.93. The Morgan fingerprint density at radius 2 is 2.60 bits per heavy atom. The summed E-state index contributed by atoms with van der Waals surface area (Å²) in [5.74, 6) is 0. The molecule has 2 aromatic heterocycles. The number of H-pyrrole nitrogens is 1. The van der Waals surface area contributed by atoms with Gasteiger partial charge in [-0.3, -0.25) is 0 Å². The number of aromatic nitrogens is 3. The lowest BCUT2D eigenvalue weighted by Crippen LogP contribution is -1.66. The van der Waals surface area contributed by atoms with Crippen molar-refractivity contribution < 1.29 is 4.52 Å². The Hall–Kier alpha value is -1.58. The Kier molecular flexibility index (Phi) is 0.887. The fraction of sp³-hybridized carbons (Fsp3) is 0. The molecule has 0 atom stereocenters. The Morgan fingerprint density at radius 1 is 1.70 bits per heavy atom. The first-order valence-corrected chi connectivity index (χ1v) is 2.83. The molecular formula is C6H5N3O. The Bertz CT molecular complexity index is 360. The lowest BCUT2D eigenvalue weighted by molar-refractivity contribution is 0.423. The molecular weight excluding hydrogens is 130 g/mol. The van der Waals surface area contributed by atoms with Crippen LogP contribution in [0.25, 0.3) is 17.2 Å². The minimum absolute atomic E-state index is 0.662. The number of nitrogens with one attached hydrogen (secondary N) is 1. The van der Waals surface area contributed by atoms with Gasteiger partial charge < -0.3 is 9.51 Å². The van der Waals surface area contributed by atoms with Gasteiger partial charge in [0.1, 0.15) is 0 Å². The third-order valence-corrected chi connectivity index (χ3v) is 1.33. The third kappa shape index (κ3) is 0.500. The summed E-state index contributed by atoms with van der Waals surface area (Å²) in [7, 11) is 0. The van der Waals surface area contributed by atoms with E-state index in [4.69, 9.17) is 4.52 Å². The third-order valence-electron chi connectivity index (χ3n) is 1.33. The van der Waals surface area contributed by atoms with Crippen molar-refractivity contribution in [1.29, 1.82) is 0 Å². The standard InChI is InChI=1S/C6H5N3O/c1-2-4-6-5(3-7-4)8-9-10-6/h2-3,7H,1H2. The quantitative estimate of drug-likeness (QED) is 0.639. The van der Waals surface area contributed by atoms with E-state index in [2.05, 4.69) is 21.9 Å². The lowest BCUT2D eigenvalue weighted by Gasteiger charge is -1.78. The second-order valence-electron chi connectivity index (χ2n) is 1.89. The van der Waals surface area contributed by atoms with Crippen molar-refractivity contribution in [2.75, 3.05) is 0 Å². The minimum Gasteiger partial charge on any atom is -0.356 e. The van der Waals surface area contributed by atoms with Gasteiger partial charge in [-0.25, -0.2) is 0 Å². The van der Waals surface area contributed by atoms with Gasteiger partial charge in [0.05, 0.1) is 5.69 Å². The molecule has 0 saturated carbocycles. The SMILES string of the molecule is C=Cc1[nH]cc2nnoc12. The van der Waals surface area contributed by atoms with E-state index in [9.17, 15) is 0 Å². The number of aromatic amines is 1. The number of hydrogen-bond donors (Lipinski definition) is 1. The monoisotopic (exact) mass is 135 g/mol. The summed E-state index contributed by atoms with van der Waals surface area (Å²) >= 11 is 0. The first kappa shape index (κ1) is 5.22. The largest absolute Gasteiger partial charge is 0.356 e. The molecule has 0 aromatic carbocycles. The molecule has 10 heavy (non-hydrogen) atoms. The van der Waals surface area contributed by atoms with Gasteiger partial charge in [-0.1, -0.05) is 6.58 Å². The van der Waals surface area contributed by atoms with Gasteiger partial charge in [0.15, 0.2) is 5.52 Å². The summed E-state index contributed by atoms with van der Waals surface area (Å²) in [6.07, 6.45) is 3.39. The first-order valence-electron chi connectivity index (χ1n) is 2.83. The number of fused-ring (bicyclic) bond motifs is 1. The summed E-state index contributed by atoms with van der Waals surface area (Å²) in [5.41, 5.74) is 2.21. The Labute approximate surface area is 56.5 Å². The van der Waals surface area contributed by atoms with E-state index in [-0.39, 0.29) is 0 Å². The smallest absolute Gasteiger partial charge is 0.212 e. The maximum atomic E-state index is 4.82. The lowest BCUT2D eigenvalue weighted by atomic mass is 10.4. The van der Waals surface area contributed by atoms with Crippen LogP contribution >= 0.6 is 0 Å². The van der Waals surface area contributed by atoms with Crippen LogP contribution in [0.4, 0.5) is 0 Å². The molecule has 1 N–H and O–H groups in total. The normalized spacial score (nSPS) is 10.4. The average molecular weight is 135 g/mol. The average Bonchev–Trinajstić information content (AvgIpc) is 2.44. The molecule has 4 heteroatoms. The van der Waals surface area contributed by atoms with Crippen LogP contribution in [-0.2, 0) is 0 Å². The van der Waals surface area contributed by atoms with Crippen LogP contribution in [0.1, 0.15) is 5.69 Å². The topological polar surface area (TPSA) is 54.7 Å². The van der Waals surface area contributed by atoms with Gasteiger partial charge in [0.25, 0.3) is 0 Å². The highest BCUT2D eigenvalue weighted by Crippen LogP contribution is 2.14. The maximum Gasteiger partial charge on any atom is 0.212 e. The van der Waals surface area contributed by atoms with E-state index < -0.39 is 0 Å². The molecule has 0 aliphatic carbocycles. The van der Waals surface area contributed by atoms with Crippen molar-refractivity contribution in [3.05, 3.63) is 18.5 Å². The summed E-state index contributed by atoms with van der Waals surface area (Å²) in [6.45, 7) is 3.59. The van der Waals surface area contributed by atoms with Crippen molar-refractivity contribution in [1.82, 2.24) is 15.4 Å². The fourth-order valence-electron chi connectivity index (χ4n) is 0.842. The van der Waals surface area contributed by atoms with Gasteiger partial charge in [0, 0.05) is 11.5 Å². The molecule has 0 spiro atoms. The van der Waals surface area contributed by atoms with Crippen molar-refractivity contribution in [2.45, 2.75) is 0 Å². The van der Waals surface area contributed by atoms with Crippen LogP contribution in [0.2, 0.25) is 0 Å². The van der Waals surface area contributed by atoms with Crippen LogP contribution in [-0.4, -0.2) is 15.4 Å². The van der Waals surface area contributed by atoms with E-state index in [1.165, 1.54) is 0 Å². The van der Waals surface area contributed by atoms with Gasteiger partial charge >= 0.3 is 0 Å². The molecule has 0 saturated heterocycles. The second-order valence-corrected chi connectivity index (χ2v) is 1.89. The van der Waals surface area contributed by atoms with Crippen molar-refractivity contribution >= 4 is 17.2 Å². The highest BCUT2D eigenvalue weighted by atomic mass is 16.5. The van der Waals surface area contributed by atoms with Crippen LogP contribution in [0.3, 0.4) is 0 Å². The number of hydrogen-bond acceptors (Lipinski definition) is 3. The van der Waals surface area contributed by atoms with E-state index in [0.29, 0.717) is 5.58 Å². The Morgan fingerprint density at radius 3 is 3.40 bits per heavy atom. The molecule has 50 valence electrons. The molecule has 0 aliphatic heterocycles. The van der Waals surface area contributed by atoms with Crippen molar-refractivity contribution in [3.8, 4) is 0 Å². The number of rotatable bonds is 1. The zero-order valence-electron chi connectivity index (χ0n) is 5.16. The molecule has 0 amide bonds. The molecule has 0 bridgehead atoms. The molecule has 2 heterocycles. The first-order chi connectivity index (χ1) is 4.92. The van der Waals surface area contributed by atoms with Crippen LogP contribution in [0.5, 0.6) is 0 Å². The predicted octanol–water partition coefficient (Wildman–Crippen LogP) is 1.19. The molecule has 0 unspecified atom stereocenters. The van der Waals surface area contributed by atoms with Crippen LogP contribution in [0, 0.1) is 0 Å². The van der Waals surface area contributed by atoms with Crippen LogP contribution < -0.4 is 0 Å². The summed E-state index contributed by atoms with van der Waals surface area (Å²) in [6, 6.07) is 0. The second kappa shape index (κ2) is 1.70. The Balaban J connectivity index is 2.88. The van der Waals surface area contributed by atoms with Gasteiger partial charge in [-0.05, 0) is 6.08 Å². The molecule has 2 rings (SSSR count). The highest BCUT2D eigenvalue weighted by Gasteiger charge is 2.04. The highest BCUT2D eigenvalue weighted by molar-refractivity contribution is 5.80. The van der Waals surface area contributed by atoms with Crippen molar-refractivity contribution in [3.63, 3.8) is 0 Å². The zero-order valence-corrected chi connectivity index (χ0v) is 5.16. The van der Waals surface area contributed by atoms with Gasteiger partial charge in [-0.15, -0.1) is 5.10 Å². The van der Waals surface area contributed by atoms with Gasteiger partial charge in [0.2, 0.25) is 5.58 Å². The number of nitrogens with zero attached hydrogens (tertiary/aromatic N) is 2. The molecule has 0 fully saturated rings. The summed E-state index contributed by atoms with van der Waals surface area (Å²) < 4.78 is 4.82. The minimum atomic E-state index is 0.662. The van der Waals surface area contributed by atoms with Gasteiger partial charge in [-0.2, -0.15) is 0 Å². The molecule has 2 aromatic rings. The van der Waals surface area contributed by atoms with Crippen LogP contribution in [0.15, 0.2) is 17.3 Å². The molecule has 0 radical (unpaired) electrons. The predicted molar refractivity (Wildman–Crippen MR) is 36.2 cm³/mol. The maximum absolute atomic E-state index is 4.82. The molecule has 4 nitrogen and oxygen atoms in total. The van der Waals surface area contributed by atoms with E-state index >= 15 is 0 Å². The van der Waals surface area contributed by atoms with E-state index in [0.717, 1.165) is 11.2 Å². The summed E-state index contributed by atoms with van der Waals surface area (Å²) in [5, 5.41) is 7.07. The zero-order chi connectivity index (χ0) is 6.97. The fourth-order valence-corrected chi connectivity index (χ4v) is 0.842. The van der Waals surface area contributed by atoms with E-state index in [1.54, 1.807) is 12.3 Å². The van der Waals surface area contributed by atoms with E-state index in [1.807, 2.05) is 0 Å². The molecule has 0 aliphatic rings.